The normalized spacial score (nSPS) is 13.8. The van der Waals surface area contributed by atoms with Crippen LogP contribution in [0.1, 0.15) is 34.5 Å². The van der Waals surface area contributed by atoms with Gasteiger partial charge in [-0.2, -0.15) is 0 Å². The average Bonchev–Trinajstić information content (AvgIpc) is 3.28. The molecule has 1 heterocycles. The van der Waals surface area contributed by atoms with Crippen LogP contribution in [0.15, 0.2) is 30.5 Å². The molecule has 0 aliphatic heterocycles. The van der Waals surface area contributed by atoms with Crippen LogP contribution in [0.4, 0.5) is 11.6 Å². The number of aromatic nitrogens is 2. The number of carbonyl (C=O) groups is 1. The molecule has 1 aromatic heterocycles. The molecule has 0 spiro atoms. The van der Waals surface area contributed by atoms with Crippen molar-refractivity contribution in [3.8, 4) is 0 Å². The quantitative estimate of drug-likeness (QED) is 0.904. The van der Waals surface area contributed by atoms with Crippen molar-refractivity contribution in [1.29, 1.82) is 0 Å². The molecule has 0 bridgehead atoms. The first-order valence-electron chi connectivity index (χ1n) is 7.10. The van der Waals surface area contributed by atoms with E-state index in [2.05, 4.69) is 20.6 Å². The van der Waals surface area contributed by atoms with Crippen molar-refractivity contribution >= 4 is 17.5 Å². The molecule has 1 aliphatic carbocycles. The van der Waals surface area contributed by atoms with Gasteiger partial charge in [-0.15, -0.1) is 0 Å². The maximum Gasteiger partial charge on any atom is 0.274 e. The van der Waals surface area contributed by atoms with Crippen molar-refractivity contribution in [2.45, 2.75) is 32.7 Å². The molecule has 108 valence electrons. The van der Waals surface area contributed by atoms with E-state index in [4.69, 9.17) is 0 Å². The average molecular weight is 282 g/mol. The Hall–Kier alpha value is -2.43. The number of rotatable bonds is 4. The highest BCUT2D eigenvalue weighted by Gasteiger charge is 2.22. The molecule has 1 aromatic carbocycles. The lowest BCUT2D eigenvalue weighted by Gasteiger charge is -2.10. The predicted molar refractivity (Wildman–Crippen MR) is 82.5 cm³/mol. The van der Waals surface area contributed by atoms with Crippen LogP contribution in [0, 0.1) is 13.8 Å². The molecule has 0 saturated heterocycles. The Morgan fingerprint density at radius 1 is 1.24 bits per heavy atom. The Bertz CT molecular complexity index is 680. The largest absolute Gasteiger partial charge is 0.351 e. The lowest BCUT2D eigenvalue weighted by molar-refractivity contribution is 0.102. The Kier molecular flexibility index (Phi) is 3.56. The summed E-state index contributed by atoms with van der Waals surface area (Å²) in [5.41, 5.74) is 3.40. The zero-order chi connectivity index (χ0) is 14.8. The molecule has 1 amide bonds. The van der Waals surface area contributed by atoms with Gasteiger partial charge in [-0.25, -0.2) is 9.97 Å². The summed E-state index contributed by atoms with van der Waals surface area (Å²) in [6.45, 7) is 4.01. The number of carbonyl (C=O) groups excluding carboxylic acids is 1. The monoisotopic (exact) mass is 282 g/mol. The van der Waals surface area contributed by atoms with E-state index in [1.165, 1.54) is 0 Å². The van der Waals surface area contributed by atoms with Crippen molar-refractivity contribution in [1.82, 2.24) is 9.97 Å². The van der Waals surface area contributed by atoms with Gasteiger partial charge < -0.3 is 10.6 Å². The number of anilines is 2. The Morgan fingerprint density at radius 2 is 2.05 bits per heavy atom. The number of benzene rings is 1. The van der Waals surface area contributed by atoms with Gasteiger partial charge in [-0.05, 0) is 49.9 Å². The maximum absolute atomic E-state index is 12.3. The minimum Gasteiger partial charge on any atom is -0.351 e. The van der Waals surface area contributed by atoms with Crippen LogP contribution >= 0.6 is 0 Å². The van der Waals surface area contributed by atoms with Crippen molar-refractivity contribution < 1.29 is 4.79 Å². The van der Waals surface area contributed by atoms with Gasteiger partial charge in [0, 0.05) is 17.9 Å². The number of aryl methyl sites for hydroxylation is 1. The second-order valence-corrected chi connectivity index (χ2v) is 5.39. The fourth-order valence-electron chi connectivity index (χ4n) is 2.04. The van der Waals surface area contributed by atoms with Crippen LogP contribution < -0.4 is 10.6 Å². The third-order valence-electron chi connectivity index (χ3n) is 3.65. The van der Waals surface area contributed by atoms with Crippen LogP contribution in [0.5, 0.6) is 0 Å². The Balaban J connectivity index is 1.76. The first kappa shape index (κ1) is 13.5. The van der Waals surface area contributed by atoms with Gasteiger partial charge in [0.05, 0.1) is 0 Å². The van der Waals surface area contributed by atoms with Crippen molar-refractivity contribution in [3.05, 3.63) is 47.3 Å². The van der Waals surface area contributed by atoms with Gasteiger partial charge in [-0.3, -0.25) is 4.79 Å². The maximum atomic E-state index is 12.3. The number of nitrogens with one attached hydrogen (secondary N) is 2. The third-order valence-corrected chi connectivity index (χ3v) is 3.65. The minimum atomic E-state index is -0.218. The number of hydrogen-bond acceptors (Lipinski definition) is 4. The summed E-state index contributed by atoms with van der Waals surface area (Å²) in [5.74, 6) is 0.302. The number of nitrogens with zero attached hydrogens (tertiary/aromatic N) is 2. The van der Waals surface area contributed by atoms with E-state index in [1.54, 1.807) is 12.3 Å². The summed E-state index contributed by atoms with van der Waals surface area (Å²) in [6, 6.07) is 7.93. The predicted octanol–water partition coefficient (Wildman–Crippen LogP) is 2.92. The molecule has 0 radical (unpaired) electrons. The highest BCUT2D eigenvalue weighted by Crippen LogP contribution is 2.23. The molecule has 21 heavy (non-hydrogen) atoms. The van der Waals surface area contributed by atoms with E-state index < -0.39 is 0 Å². The van der Waals surface area contributed by atoms with Crippen LogP contribution in [0.2, 0.25) is 0 Å². The second-order valence-electron chi connectivity index (χ2n) is 5.39. The van der Waals surface area contributed by atoms with Crippen molar-refractivity contribution in [2.24, 2.45) is 0 Å². The van der Waals surface area contributed by atoms with E-state index in [0.717, 1.165) is 29.7 Å². The summed E-state index contributed by atoms with van der Waals surface area (Å²) >= 11 is 0. The van der Waals surface area contributed by atoms with Crippen molar-refractivity contribution in [2.75, 3.05) is 10.6 Å². The summed E-state index contributed by atoms with van der Waals surface area (Å²) < 4.78 is 0. The molecule has 5 nitrogen and oxygen atoms in total. The molecule has 3 rings (SSSR count). The lowest BCUT2D eigenvalue weighted by atomic mass is 10.1. The zero-order valence-corrected chi connectivity index (χ0v) is 12.2. The molecule has 2 N–H and O–H groups in total. The van der Waals surface area contributed by atoms with Crippen LogP contribution in [0.3, 0.4) is 0 Å². The summed E-state index contributed by atoms with van der Waals surface area (Å²) in [4.78, 5) is 20.7. The van der Waals surface area contributed by atoms with Gasteiger partial charge in [0.25, 0.3) is 5.91 Å². The lowest BCUT2D eigenvalue weighted by Crippen LogP contribution is -2.16. The van der Waals surface area contributed by atoms with E-state index in [1.807, 2.05) is 32.0 Å². The molecule has 5 heteroatoms. The summed E-state index contributed by atoms with van der Waals surface area (Å²) in [5, 5.41) is 6.10. The second kappa shape index (κ2) is 5.52. The molecular formula is C16H18N4O. The fraction of sp³-hybridized carbons (Fsp3) is 0.312. The molecular weight excluding hydrogens is 264 g/mol. The highest BCUT2D eigenvalue weighted by atomic mass is 16.1. The molecule has 1 fully saturated rings. The van der Waals surface area contributed by atoms with Crippen LogP contribution in [0.25, 0.3) is 0 Å². The molecule has 2 aromatic rings. The van der Waals surface area contributed by atoms with Gasteiger partial charge in [-0.1, -0.05) is 12.1 Å². The van der Waals surface area contributed by atoms with Crippen LogP contribution in [-0.2, 0) is 0 Å². The number of amides is 1. The van der Waals surface area contributed by atoms with Crippen molar-refractivity contribution in [3.63, 3.8) is 0 Å². The summed E-state index contributed by atoms with van der Waals surface area (Å²) in [7, 11) is 0. The molecule has 1 aliphatic rings. The van der Waals surface area contributed by atoms with E-state index in [-0.39, 0.29) is 5.91 Å². The van der Waals surface area contributed by atoms with E-state index in [9.17, 15) is 4.79 Å². The first-order chi connectivity index (χ1) is 10.1. The Labute approximate surface area is 123 Å². The SMILES string of the molecule is Cc1cccc(NC(=O)c2ccnc(NC3CC3)n2)c1C. The van der Waals surface area contributed by atoms with E-state index >= 15 is 0 Å². The van der Waals surface area contributed by atoms with Gasteiger partial charge in [0.15, 0.2) is 0 Å². The molecule has 1 saturated carbocycles. The number of hydrogen-bond donors (Lipinski definition) is 2. The molecule has 0 atom stereocenters. The minimum absolute atomic E-state index is 0.218. The van der Waals surface area contributed by atoms with Gasteiger partial charge >= 0.3 is 0 Å². The first-order valence-corrected chi connectivity index (χ1v) is 7.10. The standard InChI is InChI=1S/C16H18N4O/c1-10-4-3-5-13(11(10)2)19-15(21)14-8-9-17-16(20-14)18-12-6-7-12/h3-5,8-9,12H,6-7H2,1-2H3,(H,19,21)(H,17,18,20). The smallest absolute Gasteiger partial charge is 0.274 e. The Morgan fingerprint density at radius 3 is 2.81 bits per heavy atom. The van der Waals surface area contributed by atoms with Crippen LogP contribution in [-0.4, -0.2) is 21.9 Å². The summed E-state index contributed by atoms with van der Waals surface area (Å²) in [6.07, 6.45) is 3.89. The van der Waals surface area contributed by atoms with E-state index in [0.29, 0.717) is 17.7 Å². The zero-order valence-electron chi connectivity index (χ0n) is 12.2. The molecule has 0 unspecified atom stereocenters. The highest BCUT2D eigenvalue weighted by molar-refractivity contribution is 6.03. The topological polar surface area (TPSA) is 66.9 Å². The third kappa shape index (κ3) is 3.18. The van der Waals surface area contributed by atoms with Gasteiger partial charge in [0.2, 0.25) is 5.95 Å². The fourth-order valence-corrected chi connectivity index (χ4v) is 2.04. The van der Waals surface area contributed by atoms with Gasteiger partial charge in [0.1, 0.15) is 5.69 Å².